The number of hydrogen-bond donors (Lipinski definition) is 1. The minimum atomic E-state index is 0.142. The Kier molecular flexibility index (Phi) is 5.34. The highest BCUT2D eigenvalue weighted by molar-refractivity contribution is 5.76. The van der Waals surface area contributed by atoms with Gasteiger partial charge in [-0.1, -0.05) is 6.92 Å². The SMILES string of the molecule is C#CCCCCC(=O)N1CCC(C)C(N)C1. The zero-order chi connectivity index (χ0) is 12.0. The van der Waals surface area contributed by atoms with Gasteiger partial charge in [0, 0.05) is 32.0 Å². The van der Waals surface area contributed by atoms with Crippen LogP contribution < -0.4 is 5.73 Å². The normalized spacial score (nSPS) is 25.2. The number of unbranched alkanes of at least 4 members (excludes halogenated alkanes) is 2. The smallest absolute Gasteiger partial charge is 0.222 e. The predicted molar refractivity (Wildman–Crippen MR) is 65.6 cm³/mol. The fraction of sp³-hybridized carbons (Fsp3) is 0.769. The number of nitrogens with two attached hydrogens (primary N) is 1. The average Bonchev–Trinajstić information content (AvgIpc) is 2.28. The summed E-state index contributed by atoms with van der Waals surface area (Å²) < 4.78 is 0. The van der Waals surface area contributed by atoms with Crippen LogP contribution in [0, 0.1) is 18.3 Å². The Morgan fingerprint density at radius 2 is 2.31 bits per heavy atom. The largest absolute Gasteiger partial charge is 0.341 e. The number of likely N-dealkylation sites (tertiary alicyclic amines) is 1. The summed E-state index contributed by atoms with van der Waals surface area (Å²) in [5.41, 5.74) is 5.96. The van der Waals surface area contributed by atoms with Gasteiger partial charge in [-0.15, -0.1) is 12.3 Å². The number of carbonyl (C=O) groups excluding carboxylic acids is 1. The second-order valence-electron chi connectivity index (χ2n) is 4.68. The predicted octanol–water partition coefficient (Wildman–Crippen LogP) is 1.38. The Morgan fingerprint density at radius 1 is 1.56 bits per heavy atom. The number of piperidine rings is 1. The van der Waals surface area contributed by atoms with Crippen LogP contribution in [0.3, 0.4) is 0 Å². The van der Waals surface area contributed by atoms with Crippen molar-refractivity contribution in [2.75, 3.05) is 13.1 Å². The monoisotopic (exact) mass is 222 g/mol. The molecule has 1 saturated heterocycles. The number of terminal acetylenes is 1. The fourth-order valence-corrected chi connectivity index (χ4v) is 1.99. The Morgan fingerprint density at radius 3 is 2.94 bits per heavy atom. The molecule has 1 fully saturated rings. The molecule has 0 radical (unpaired) electrons. The molecule has 0 aromatic rings. The number of rotatable bonds is 4. The van der Waals surface area contributed by atoms with Crippen molar-refractivity contribution in [1.82, 2.24) is 4.90 Å². The van der Waals surface area contributed by atoms with E-state index in [2.05, 4.69) is 12.8 Å². The van der Waals surface area contributed by atoms with Gasteiger partial charge in [-0.25, -0.2) is 0 Å². The van der Waals surface area contributed by atoms with E-state index in [1.165, 1.54) is 0 Å². The molecule has 2 atom stereocenters. The molecule has 2 unspecified atom stereocenters. The molecule has 3 heteroatoms. The van der Waals surface area contributed by atoms with Gasteiger partial charge in [-0.05, 0) is 25.2 Å². The molecule has 0 aliphatic carbocycles. The molecule has 0 saturated carbocycles. The van der Waals surface area contributed by atoms with Gasteiger partial charge in [0.05, 0.1) is 0 Å². The molecule has 1 heterocycles. The minimum absolute atomic E-state index is 0.142. The van der Waals surface area contributed by atoms with Gasteiger partial charge >= 0.3 is 0 Å². The summed E-state index contributed by atoms with van der Waals surface area (Å²) in [4.78, 5) is 13.7. The van der Waals surface area contributed by atoms with Crippen molar-refractivity contribution >= 4 is 5.91 Å². The number of amides is 1. The molecule has 1 amide bonds. The lowest BCUT2D eigenvalue weighted by Crippen LogP contribution is -2.49. The van der Waals surface area contributed by atoms with Crippen molar-refractivity contribution in [3.63, 3.8) is 0 Å². The Balaban J connectivity index is 2.24. The van der Waals surface area contributed by atoms with E-state index in [0.29, 0.717) is 12.3 Å². The van der Waals surface area contributed by atoms with Crippen LogP contribution in [0.4, 0.5) is 0 Å². The highest BCUT2D eigenvalue weighted by atomic mass is 16.2. The van der Waals surface area contributed by atoms with Crippen molar-refractivity contribution in [3.8, 4) is 12.3 Å². The summed E-state index contributed by atoms with van der Waals surface area (Å²) in [5, 5.41) is 0. The molecule has 0 bridgehead atoms. The van der Waals surface area contributed by atoms with E-state index >= 15 is 0 Å². The van der Waals surface area contributed by atoms with Crippen molar-refractivity contribution in [2.24, 2.45) is 11.7 Å². The van der Waals surface area contributed by atoms with Crippen LogP contribution in [0.5, 0.6) is 0 Å². The first-order valence-corrected chi connectivity index (χ1v) is 6.12. The average molecular weight is 222 g/mol. The molecule has 0 spiro atoms. The molecule has 1 rings (SSSR count). The van der Waals surface area contributed by atoms with Crippen LogP contribution in [0.25, 0.3) is 0 Å². The molecular formula is C13H22N2O. The maximum atomic E-state index is 11.8. The van der Waals surface area contributed by atoms with E-state index < -0.39 is 0 Å². The second kappa shape index (κ2) is 6.55. The maximum Gasteiger partial charge on any atom is 0.222 e. The molecular weight excluding hydrogens is 200 g/mol. The number of nitrogens with zero attached hydrogens (tertiary/aromatic N) is 1. The maximum absolute atomic E-state index is 11.8. The molecule has 3 nitrogen and oxygen atoms in total. The lowest BCUT2D eigenvalue weighted by molar-refractivity contribution is -0.133. The first-order chi connectivity index (χ1) is 7.65. The summed E-state index contributed by atoms with van der Waals surface area (Å²) in [5.74, 6) is 3.36. The van der Waals surface area contributed by atoms with E-state index in [4.69, 9.17) is 12.2 Å². The van der Waals surface area contributed by atoms with Crippen molar-refractivity contribution in [1.29, 1.82) is 0 Å². The molecule has 16 heavy (non-hydrogen) atoms. The highest BCUT2D eigenvalue weighted by Gasteiger charge is 2.25. The lowest BCUT2D eigenvalue weighted by Gasteiger charge is -2.35. The fourth-order valence-electron chi connectivity index (χ4n) is 1.99. The summed E-state index contributed by atoms with van der Waals surface area (Å²) >= 11 is 0. The topological polar surface area (TPSA) is 46.3 Å². The van der Waals surface area contributed by atoms with Gasteiger partial charge in [-0.3, -0.25) is 4.79 Å². The van der Waals surface area contributed by atoms with Crippen LogP contribution >= 0.6 is 0 Å². The Bertz CT molecular complexity index is 270. The van der Waals surface area contributed by atoms with E-state index in [-0.39, 0.29) is 11.9 Å². The van der Waals surface area contributed by atoms with E-state index in [1.54, 1.807) is 0 Å². The zero-order valence-corrected chi connectivity index (χ0v) is 10.1. The minimum Gasteiger partial charge on any atom is -0.341 e. The molecule has 0 aromatic heterocycles. The lowest BCUT2D eigenvalue weighted by atomic mass is 9.94. The summed E-state index contributed by atoms with van der Waals surface area (Å²) in [6.07, 6.45) is 9.40. The van der Waals surface area contributed by atoms with Crippen LogP contribution in [-0.4, -0.2) is 29.9 Å². The van der Waals surface area contributed by atoms with Crippen molar-refractivity contribution in [3.05, 3.63) is 0 Å². The van der Waals surface area contributed by atoms with Gasteiger partial charge in [0.25, 0.3) is 0 Å². The van der Waals surface area contributed by atoms with Gasteiger partial charge in [0.2, 0.25) is 5.91 Å². The second-order valence-corrected chi connectivity index (χ2v) is 4.68. The van der Waals surface area contributed by atoms with E-state index in [0.717, 1.165) is 38.8 Å². The molecule has 1 aliphatic heterocycles. The highest BCUT2D eigenvalue weighted by Crippen LogP contribution is 2.16. The van der Waals surface area contributed by atoms with Gasteiger partial charge in [0.1, 0.15) is 0 Å². The van der Waals surface area contributed by atoms with Gasteiger partial charge in [0.15, 0.2) is 0 Å². The molecule has 90 valence electrons. The molecule has 0 aromatic carbocycles. The third kappa shape index (κ3) is 3.86. The number of carbonyl (C=O) groups is 1. The Labute approximate surface area is 98.4 Å². The third-order valence-electron chi connectivity index (χ3n) is 3.33. The van der Waals surface area contributed by atoms with Crippen LogP contribution in [-0.2, 0) is 4.79 Å². The quantitative estimate of drug-likeness (QED) is 0.577. The van der Waals surface area contributed by atoms with Crippen LogP contribution in [0.1, 0.15) is 39.0 Å². The molecule has 2 N–H and O–H groups in total. The van der Waals surface area contributed by atoms with Crippen LogP contribution in [0.15, 0.2) is 0 Å². The van der Waals surface area contributed by atoms with Crippen LogP contribution in [0.2, 0.25) is 0 Å². The van der Waals surface area contributed by atoms with E-state index in [9.17, 15) is 4.79 Å². The third-order valence-corrected chi connectivity index (χ3v) is 3.33. The van der Waals surface area contributed by atoms with Gasteiger partial charge in [-0.2, -0.15) is 0 Å². The summed E-state index contributed by atoms with van der Waals surface area (Å²) in [6.45, 7) is 3.73. The summed E-state index contributed by atoms with van der Waals surface area (Å²) in [6, 6.07) is 0.142. The van der Waals surface area contributed by atoms with Crippen molar-refractivity contribution in [2.45, 2.75) is 45.1 Å². The van der Waals surface area contributed by atoms with E-state index in [1.807, 2.05) is 4.90 Å². The first kappa shape index (κ1) is 13.1. The number of hydrogen-bond acceptors (Lipinski definition) is 2. The standard InChI is InChI=1S/C13H22N2O/c1-3-4-5-6-7-13(16)15-9-8-11(2)12(14)10-15/h1,11-12H,4-10,14H2,2H3. The van der Waals surface area contributed by atoms with Gasteiger partial charge < -0.3 is 10.6 Å². The Hall–Kier alpha value is -1.01. The first-order valence-electron chi connectivity index (χ1n) is 6.12. The zero-order valence-electron chi connectivity index (χ0n) is 10.1. The van der Waals surface area contributed by atoms with Crippen molar-refractivity contribution < 1.29 is 4.79 Å². The molecule has 1 aliphatic rings. The summed E-state index contributed by atoms with van der Waals surface area (Å²) in [7, 11) is 0.